The molecule has 6 nitrogen and oxygen atoms in total. The van der Waals surface area contributed by atoms with E-state index in [1.807, 2.05) is 12.1 Å². The summed E-state index contributed by atoms with van der Waals surface area (Å²) in [7, 11) is 1.56. The van der Waals surface area contributed by atoms with E-state index >= 15 is 0 Å². The number of hydrogen-bond donors (Lipinski definition) is 2. The van der Waals surface area contributed by atoms with Crippen molar-refractivity contribution in [3.8, 4) is 11.5 Å². The van der Waals surface area contributed by atoms with Crippen LogP contribution >= 0.6 is 23.8 Å². The molecule has 2 aliphatic heterocycles. The van der Waals surface area contributed by atoms with Crippen molar-refractivity contribution in [1.29, 1.82) is 0 Å². The Hall–Kier alpha value is -3.36. The SMILES string of the molecule is COc1cccc2c1OC1(C)C(C(=O)Nc3ccc(Cl)cc3)C2NC(=S)N1c1ccc(F)cc1. The Bertz CT molecular complexity index is 1270. The molecule has 3 unspecified atom stereocenters. The number of halogens is 2. The number of thiocarbonyl (C=S) groups is 1. The number of hydrogen-bond acceptors (Lipinski definition) is 4. The minimum absolute atomic E-state index is 0.273. The van der Waals surface area contributed by atoms with Crippen LogP contribution in [0.4, 0.5) is 15.8 Å². The van der Waals surface area contributed by atoms with Gasteiger partial charge in [0.15, 0.2) is 22.3 Å². The zero-order valence-corrected chi connectivity index (χ0v) is 19.9. The fourth-order valence-electron chi connectivity index (χ4n) is 4.66. The van der Waals surface area contributed by atoms with Gasteiger partial charge < -0.3 is 20.1 Å². The predicted octanol–water partition coefficient (Wildman–Crippen LogP) is 5.29. The maximum atomic E-state index is 13.7. The van der Waals surface area contributed by atoms with Crippen molar-refractivity contribution in [2.45, 2.75) is 18.7 Å². The number of benzene rings is 3. The minimum atomic E-state index is -1.25. The largest absolute Gasteiger partial charge is 0.493 e. The zero-order chi connectivity index (χ0) is 24.0. The average Bonchev–Trinajstić information content (AvgIpc) is 2.81. The van der Waals surface area contributed by atoms with E-state index in [9.17, 15) is 9.18 Å². The summed E-state index contributed by atoms with van der Waals surface area (Å²) in [6, 6.07) is 17.8. The molecule has 2 bridgehead atoms. The number of methoxy groups -OCH3 is 1. The summed E-state index contributed by atoms with van der Waals surface area (Å²) in [5, 5.41) is 7.22. The van der Waals surface area contributed by atoms with Crippen LogP contribution in [-0.4, -0.2) is 23.9 Å². The molecule has 2 heterocycles. The number of anilines is 2. The summed E-state index contributed by atoms with van der Waals surface area (Å²) in [5.41, 5.74) is 0.697. The van der Waals surface area contributed by atoms with Gasteiger partial charge in [0, 0.05) is 22.0 Å². The monoisotopic (exact) mass is 497 g/mol. The van der Waals surface area contributed by atoms with Crippen molar-refractivity contribution in [3.63, 3.8) is 0 Å². The van der Waals surface area contributed by atoms with Gasteiger partial charge >= 0.3 is 0 Å². The van der Waals surface area contributed by atoms with Gasteiger partial charge in [0.2, 0.25) is 5.91 Å². The van der Waals surface area contributed by atoms with Crippen LogP contribution in [-0.2, 0) is 4.79 Å². The van der Waals surface area contributed by atoms with Crippen LogP contribution in [0.3, 0.4) is 0 Å². The zero-order valence-electron chi connectivity index (χ0n) is 18.3. The molecule has 1 fully saturated rings. The Morgan fingerprint density at radius 1 is 1.18 bits per heavy atom. The van der Waals surface area contributed by atoms with Gasteiger partial charge in [-0.25, -0.2) is 4.39 Å². The van der Waals surface area contributed by atoms with Crippen LogP contribution in [0.25, 0.3) is 0 Å². The highest BCUT2D eigenvalue weighted by Gasteiger charge is 2.59. The first-order valence-corrected chi connectivity index (χ1v) is 11.4. The fraction of sp³-hybridized carbons (Fsp3) is 0.200. The third kappa shape index (κ3) is 3.63. The van der Waals surface area contributed by atoms with Crippen molar-refractivity contribution in [1.82, 2.24) is 5.32 Å². The van der Waals surface area contributed by atoms with Crippen LogP contribution in [0.1, 0.15) is 18.5 Å². The molecule has 0 aromatic heterocycles. The van der Waals surface area contributed by atoms with Crippen LogP contribution in [0.2, 0.25) is 5.02 Å². The quantitative estimate of drug-likeness (QED) is 0.478. The maximum Gasteiger partial charge on any atom is 0.236 e. The van der Waals surface area contributed by atoms with Gasteiger partial charge in [0.1, 0.15) is 11.7 Å². The molecule has 9 heteroatoms. The maximum absolute atomic E-state index is 13.7. The lowest BCUT2D eigenvalue weighted by Crippen LogP contribution is -2.72. The number of rotatable bonds is 4. The number of carbonyl (C=O) groups is 1. The van der Waals surface area contributed by atoms with E-state index in [1.165, 1.54) is 12.1 Å². The van der Waals surface area contributed by atoms with Gasteiger partial charge in [-0.05, 0) is 73.7 Å². The second kappa shape index (κ2) is 8.45. The highest BCUT2D eigenvalue weighted by molar-refractivity contribution is 7.80. The minimum Gasteiger partial charge on any atom is -0.493 e. The molecule has 0 aliphatic carbocycles. The molecule has 3 atom stereocenters. The third-order valence-electron chi connectivity index (χ3n) is 6.19. The van der Waals surface area contributed by atoms with Crippen LogP contribution in [0.5, 0.6) is 11.5 Å². The molecular weight excluding hydrogens is 477 g/mol. The molecule has 0 saturated carbocycles. The molecule has 3 aromatic carbocycles. The van der Waals surface area contributed by atoms with Gasteiger partial charge in [0.05, 0.1) is 13.2 Å². The Morgan fingerprint density at radius 3 is 2.56 bits per heavy atom. The first-order valence-electron chi connectivity index (χ1n) is 10.6. The second-order valence-corrected chi connectivity index (χ2v) is 9.07. The van der Waals surface area contributed by atoms with E-state index in [2.05, 4.69) is 10.6 Å². The molecule has 2 N–H and O–H groups in total. The number of nitrogens with zero attached hydrogens (tertiary/aromatic N) is 1. The van der Waals surface area contributed by atoms with Crippen LogP contribution < -0.4 is 25.0 Å². The first kappa shape index (κ1) is 22.4. The number of para-hydroxylation sites is 1. The first-order chi connectivity index (χ1) is 16.3. The Labute approximate surface area is 206 Å². The van der Waals surface area contributed by atoms with Crippen molar-refractivity contribution in [3.05, 3.63) is 83.1 Å². The van der Waals surface area contributed by atoms with Gasteiger partial charge in [-0.3, -0.25) is 9.69 Å². The van der Waals surface area contributed by atoms with E-state index in [0.717, 1.165) is 5.56 Å². The number of fused-ring (bicyclic) bond motifs is 4. The summed E-state index contributed by atoms with van der Waals surface area (Å²) in [5.74, 6) is -0.324. The average molecular weight is 498 g/mol. The summed E-state index contributed by atoms with van der Waals surface area (Å²) in [6.07, 6.45) is 0. The van der Waals surface area contributed by atoms with Gasteiger partial charge in [-0.1, -0.05) is 23.7 Å². The number of ether oxygens (including phenoxy) is 2. The van der Waals surface area contributed by atoms with Crippen LogP contribution in [0.15, 0.2) is 66.7 Å². The lowest BCUT2D eigenvalue weighted by atomic mass is 9.78. The summed E-state index contributed by atoms with van der Waals surface area (Å²) >= 11 is 11.7. The summed E-state index contributed by atoms with van der Waals surface area (Å²) in [6.45, 7) is 1.80. The number of nitrogens with one attached hydrogen (secondary N) is 2. The Morgan fingerprint density at radius 2 is 1.88 bits per heavy atom. The molecule has 1 amide bonds. The van der Waals surface area contributed by atoms with Crippen LogP contribution in [0, 0.1) is 11.7 Å². The fourth-order valence-corrected chi connectivity index (χ4v) is 5.20. The smallest absolute Gasteiger partial charge is 0.236 e. The molecule has 174 valence electrons. The topological polar surface area (TPSA) is 62.8 Å². The van der Waals surface area contributed by atoms with E-state index in [1.54, 1.807) is 61.4 Å². The number of carbonyl (C=O) groups excluding carboxylic acids is 1. The second-order valence-electron chi connectivity index (χ2n) is 8.25. The lowest BCUT2D eigenvalue weighted by Gasteiger charge is -2.56. The van der Waals surface area contributed by atoms with Crippen molar-refractivity contribution < 1.29 is 18.7 Å². The Balaban J connectivity index is 1.64. The van der Waals surface area contributed by atoms with Crippen molar-refractivity contribution in [2.24, 2.45) is 5.92 Å². The highest BCUT2D eigenvalue weighted by atomic mass is 35.5. The molecule has 0 radical (unpaired) electrons. The molecule has 3 aromatic rings. The molecule has 1 saturated heterocycles. The lowest BCUT2D eigenvalue weighted by molar-refractivity contribution is -0.130. The van der Waals surface area contributed by atoms with Gasteiger partial charge in [-0.15, -0.1) is 0 Å². The molecule has 5 rings (SSSR count). The molecule has 34 heavy (non-hydrogen) atoms. The number of amides is 1. The van der Waals surface area contributed by atoms with E-state index < -0.39 is 17.7 Å². The molecular formula is C25H21ClFN3O3S. The van der Waals surface area contributed by atoms with Crippen molar-refractivity contribution >= 4 is 46.2 Å². The highest BCUT2D eigenvalue weighted by Crippen LogP contribution is 2.52. The third-order valence-corrected chi connectivity index (χ3v) is 6.74. The van der Waals surface area contributed by atoms with Crippen molar-refractivity contribution in [2.75, 3.05) is 17.3 Å². The summed E-state index contributed by atoms with van der Waals surface area (Å²) < 4.78 is 25.8. The Kier molecular flexibility index (Phi) is 5.58. The van der Waals surface area contributed by atoms with E-state index in [0.29, 0.717) is 33.0 Å². The summed E-state index contributed by atoms with van der Waals surface area (Å²) in [4.78, 5) is 15.5. The van der Waals surface area contributed by atoms with E-state index in [-0.39, 0.29) is 11.7 Å². The molecule has 2 aliphatic rings. The van der Waals surface area contributed by atoms with E-state index in [4.69, 9.17) is 33.3 Å². The van der Waals surface area contributed by atoms with Gasteiger partial charge in [-0.2, -0.15) is 0 Å². The van der Waals surface area contributed by atoms with Gasteiger partial charge in [0.25, 0.3) is 0 Å². The standard InChI is InChI=1S/C25H21ClFN3O3S/c1-25-20(23(31)28-16-10-6-14(26)7-11-16)21(18-4-3-5-19(32-2)22(18)33-25)29-24(34)30(25)17-12-8-15(27)9-13-17/h3-13,20-21H,1-2H3,(H,28,31)(H,29,34). The normalized spacial score (nSPS) is 22.8. The molecule has 0 spiro atoms. The predicted molar refractivity (Wildman–Crippen MR) is 133 cm³/mol.